The summed E-state index contributed by atoms with van der Waals surface area (Å²) in [7, 11) is 0. The van der Waals surface area contributed by atoms with E-state index in [0.29, 0.717) is 23.8 Å². The van der Waals surface area contributed by atoms with Crippen molar-refractivity contribution in [3.05, 3.63) is 0 Å². The minimum Gasteiger partial charge on any atom is -0.380 e. The smallest absolute Gasteiger partial charge is 0.222 e. The van der Waals surface area contributed by atoms with Gasteiger partial charge in [0.25, 0.3) is 0 Å². The van der Waals surface area contributed by atoms with Crippen LogP contribution in [0.15, 0.2) is 0 Å². The second-order valence-corrected chi connectivity index (χ2v) is 7.40. The van der Waals surface area contributed by atoms with E-state index in [1.165, 1.54) is 12.8 Å². The maximum absolute atomic E-state index is 12.7. The normalized spacial score (nSPS) is 23.0. The average Bonchev–Trinajstić information content (AvgIpc) is 2.62. The van der Waals surface area contributed by atoms with Crippen LogP contribution in [0.4, 0.5) is 0 Å². The number of hydrogen-bond donors (Lipinski definition) is 1. The van der Waals surface area contributed by atoms with Crippen molar-refractivity contribution in [2.45, 2.75) is 52.5 Å². The molecule has 1 N–H and O–H groups in total. The van der Waals surface area contributed by atoms with Gasteiger partial charge in [-0.15, -0.1) is 24.8 Å². The van der Waals surface area contributed by atoms with Gasteiger partial charge in [0, 0.05) is 45.2 Å². The van der Waals surface area contributed by atoms with Gasteiger partial charge in [0.2, 0.25) is 5.91 Å². The first-order valence-corrected chi connectivity index (χ1v) is 9.95. The van der Waals surface area contributed by atoms with Gasteiger partial charge in [0.1, 0.15) is 0 Å². The van der Waals surface area contributed by atoms with Crippen molar-refractivity contribution >= 4 is 30.7 Å². The van der Waals surface area contributed by atoms with Gasteiger partial charge in [-0.3, -0.25) is 9.69 Å². The van der Waals surface area contributed by atoms with E-state index in [1.54, 1.807) is 0 Å². The summed E-state index contributed by atoms with van der Waals surface area (Å²) in [6.07, 6.45) is 4.26. The molecule has 2 aliphatic rings. The van der Waals surface area contributed by atoms with Crippen LogP contribution in [-0.2, 0) is 9.53 Å². The Hall–Kier alpha value is -0.0700. The fourth-order valence-electron chi connectivity index (χ4n) is 4.11. The Balaban J connectivity index is 0.00000312. The van der Waals surface area contributed by atoms with Gasteiger partial charge in [-0.1, -0.05) is 13.8 Å². The Morgan fingerprint density at radius 1 is 1.19 bits per heavy atom. The molecule has 2 atom stereocenters. The highest BCUT2D eigenvalue weighted by Gasteiger charge is 2.30. The number of ether oxygens (including phenoxy) is 1. The third-order valence-electron chi connectivity index (χ3n) is 5.84. The Morgan fingerprint density at radius 3 is 2.50 bits per heavy atom. The quantitative estimate of drug-likeness (QED) is 0.623. The van der Waals surface area contributed by atoms with Gasteiger partial charge < -0.3 is 15.0 Å². The van der Waals surface area contributed by atoms with Crippen molar-refractivity contribution in [1.29, 1.82) is 0 Å². The Labute approximate surface area is 172 Å². The van der Waals surface area contributed by atoms with E-state index < -0.39 is 0 Å². The molecule has 0 aromatic rings. The summed E-state index contributed by atoms with van der Waals surface area (Å²) in [5.41, 5.74) is 0. The molecular weight excluding hydrogens is 373 g/mol. The maximum Gasteiger partial charge on any atom is 0.222 e. The summed E-state index contributed by atoms with van der Waals surface area (Å²) in [6, 6.07) is 0.484. The first-order chi connectivity index (χ1) is 11.7. The number of piperazine rings is 1. The molecule has 2 unspecified atom stereocenters. The molecule has 2 rings (SSSR count). The molecule has 2 saturated heterocycles. The van der Waals surface area contributed by atoms with Crippen molar-refractivity contribution in [3.63, 3.8) is 0 Å². The molecule has 0 aromatic heterocycles. The lowest BCUT2D eigenvalue weighted by molar-refractivity contribution is -0.135. The Bertz CT molecular complexity index is 382. The van der Waals surface area contributed by atoms with E-state index in [9.17, 15) is 4.79 Å². The average molecular weight is 412 g/mol. The third kappa shape index (κ3) is 7.89. The molecule has 7 heteroatoms. The number of carbonyl (C=O) groups excluding carboxylic acids is 1. The van der Waals surface area contributed by atoms with Crippen LogP contribution in [-0.4, -0.2) is 74.2 Å². The van der Waals surface area contributed by atoms with E-state index in [0.717, 1.165) is 65.3 Å². The van der Waals surface area contributed by atoms with Crippen LogP contribution in [0.3, 0.4) is 0 Å². The Morgan fingerprint density at radius 2 is 1.88 bits per heavy atom. The van der Waals surface area contributed by atoms with Crippen LogP contribution >= 0.6 is 24.8 Å². The molecule has 0 radical (unpaired) electrons. The first-order valence-electron chi connectivity index (χ1n) is 9.95. The van der Waals surface area contributed by atoms with Gasteiger partial charge in [-0.05, 0) is 51.1 Å². The maximum atomic E-state index is 12.7. The monoisotopic (exact) mass is 411 g/mol. The highest BCUT2D eigenvalue weighted by atomic mass is 35.5. The standard InChI is InChI=1S/C19H37N3O2.2ClH/c1-4-18-15-22(11-10-21(18)12-13-24-5-2)19(23)14-16(3)17-6-8-20-9-7-17;;/h16-18,20H,4-15H2,1-3H3;2*1H. The summed E-state index contributed by atoms with van der Waals surface area (Å²) in [5.74, 6) is 1.59. The zero-order valence-corrected chi connectivity index (χ0v) is 18.4. The molecule has 0 spiro atoms. The van der Waals surface area contributed by atoms with E-state index >= 15 is 0 Å². The molecule has 0 bridgehead atoms. The van der Waals surface area contributed by atoms with Crippen molar-refractivity contribution in [2.24, 2.45) is 11.8 Å². The van der Waals surface area contributed by atoms with Gasteiger partial charge >= 0.3 is 0 Å². The molecule has 1 amide bonds. The van der Waals surface area contributed by atoms with Gasteiger partial charge in [0.15, 0.2) is 0 Å². The fraction of sp³-hybridized carbons (Fsp3) is 0.947. The molecule has 2 fully saturated rings. The van der Waals surface area contributed by atoms with E-state index in [4.69, 9.17) is 4.74 Å². The number of piperidine rings is 1. The number of nitrogens with zero attached hydrogens (tertiary/aromatic N) is 2. The molecular formula is C19H39Cl2N3O2. The SMILES string of the molecule is CCOCCN1CCN(C(=O)CC(C)C2CCNCC2)CC1CC.Cl.Cl. The summed E-state index contributed by atoms with van der Waals surface area (Å²) >= 11 is 0. The number of hydrogen-bond acceptors (Lipinski definition) is 4. The zero-order chi connectivity index (χ0) is 17.4. The van der Waals surface area contributed by atoms with Gasteiger partial charge in [-0.25, -0.2) is 0 Å². The largest absolute Gasteiger partial charge is 0.380 e. The Kier molecular flexibility index (Phi) is 14.0. The van der Waals surface area contributed by atoms with Crippen LogP contribution in [0.25, 0.3) is 0 Å². The molecule has 2 heterocycles. The highest BCUT2D eigenvalue weighted by molar-refractivity contribution is 5.85. The summed E-state index contributed by atoms with van der Waals surface area (Å²) < 4.78 is 5.50. The summed E-state index contributed by atoms with van der Waals surface area (Å²) in [4.78, 5) is 17.4. The predicted molar refractivity (Wildman–Crippen MR) is 113 cm³/mol. The molecule has 26 heavy (non-hydrogen) atoms. The van der Waals surface area contributed by atoms with Crippen LogP contribution < -0.4 is 5.32 Å². The molecule has 2 aliphatic heterocycles. The summed E-state index contributed by atoms with van der Waals surface area (Å²) in [6.45, 7) is 14.1. The van der Waals surface area contributed by atoms with E-state index in [1.807, 2.05) is 6.92 Å². The number of nitrogens with one attached hydrogen (secondary N) is 1. The number of halogens is 2. The molecule has 0 aliphatic carbocycles. The third-order valence-corrected chi connectivity index (χ3v) is 5.84. The van der Waals surface area contributed by atoms with Crippen molar-refractivity contribution in [3.8, 4) is 0 Å². The topological polar surface area (TPSA) is 44.8 Å². The first kappa shape index (κ1) is 25.9. The summed E-state index contributed by atoms with van der Waals surface area (Å²) in [5, 5.41) is 3.41. The van der Waals surface area contributed by atoms with E-state index in [2.05, 4.69) is 29.0 Å². The lowest BCUT2D eigenvalue weighted by Gasteiger charge is -2.41. The number of amides is 1. The predicted octanol–water partition coefficient (Wildman–Crippen LogP) is 2.82. The van der Waals surface area contributed by atoms with Crippen LogP contribution in [0.2, 0.25) is 0 Å². The molecule has 5 nitrogen and oxygen atoms in total. The fourth-order valence-corrected chi connectivity index (χ4v) is 4.11. The van der Waals surface area contributed by atoms with Crippen LogP contribution in [0, 0.1) is 11.8 Å². The van der Waals surface area contributed by atoms with Crippen molar-refractivity contribution in [1.82, 2.24) is 15.1 Å². The molecule has 0 aromatic carbocycles. The number of carbonyl (C=O) groups is 1. The zero-order valence-electron chi connectivity index (χ0n) is 16.7. The van der Waals surface area contributed by atoms with Crippen LogP contribution in [0.5, 0.6) is 0 Å². The van der Waals surface area contributed by atoms with Gasteiger partial charge in [-0.2, -0.15) is 0 Å². The minimum atomic E-state index is 0. The second-order valence-electron chi connectivity index (χ2n) is 7.40. The minimum absolute atomic E-state index is 0. The number of rotatable bonds is 8. The lowest BCUT2D eigenvalue weighted by atomic mass is 9.84. The van der Waals surface area contributed by atoms with Crippen LogP contribution in [0.1, 0.15) is 46.5 Å². The van der Waals surface area contributed by atoms with Crippen molar-refractivity contribution in [2.75, 3.05) is 52.5 Å². The lowest BCUT2D eigenvalue weighted by Crippen LogP contribution is -2.55. The highest BCUT2D eigenvalue weighted by Crippen LogP contribution is 2.25. The van der Waals surface area contributed by atoms with E-state index in [-0.39, 0.29) is 24.8 Å². The van der Waals surface area contributed by atoms with Crippen molar-refractivity contribution < 1.29 is 9.53 Å². The second kappa shape index (κ2) is 14.0. The molecule has 0 saturated carbocycles. The van der Waals surface area contributed by atoms with Gasteiger partial charge in [0.05, 0.1) is 6.61 Å². The molecule has 156 valence electrons.